The predicted octanol–water partition coefficient (Wildman–Crippen LogP) is 3.54. The second-order valence-corrected chi connectivity index (χ2v) is 6.56. The number of fused-ring (bicyclic) bond motifs is 1. The van der Waals surface area contributed by atoms with Crippen molar-refractivity contribution in [2.75, 3.05) is 26.2 Å². The Bertz CT molecular complexity index is 837. The van der Waals surface area contributed by atoms with Crippen molar-refractivity contribution in [2.45, 2.75) is 13.0 Å². The minimum Gasteiger partial charge on any atom is -0.314 e. The first kappa shape index (κ1) is 15.3. The molecule has 1 aliphatic heterocycles. The topological polar surface area (TPSA) is 28.2 Å². The van der Waals surface area contributed by atoms with Gasteiger partial charge in [0.15, 0.2) is 0 Å². The fraction of sp³-hybridized carbons (Fsp3) is 0.286. The van der Waals surface area contributed by atoms with Crippen LogP contribution < -0.4 is 5.32 Å². The molecule has 122 valence electrons. The molecule has 1 unspecified atom stereocenters. The molecule has 0 spiro atoms. The Kier molecular flexibility index (Phi) is 4.28. The fourth-order valence-electron chi connectivity index (χ4n) is 3.63. The third-order valence-corrected chi connectivity index (χ3v) is 4.80. The van der Waals surface area contributed by atoms with Gasteiger partial charge in [0, 0.05) is 37.8 Å². The number of pyridine rings is 1. The van der Waals surface area contributed by atoms with Gasteiger partial charge in [-0.05, 0) is 30.2 Å². The molecule has 1 atom stereocenters. The number of benzene rings is 2. The van der Waals surface area contributed by atoms with Gasteiger partial charge in [-0.1, -0.05) is 48.0 Å². The van der Waals surface area contributed by atoms with Crippen LogP contribution in [0, 0.1) is 6.92 Å². The fourth-order valence-corrected chi connectivity index (χ4v) is 3.63. The minimum atomic E-state index is 0.268. The zero-order valence-corrected chi connectivity index (χ0v) is 14.1. The molecule has 24 heavy (non-hydrogen) atoms. The second kappa shape index (κ2) is 6.71. The van der Waals surface area contributed by atoms with Gasteiger partial charge in [0.25, 0.3) is 0 Å². The number of hydrogen-bond acceptors (Lipinski definition) is 3. The highest BCUT2D eigenvalue weighted by Crippen LogP contribution is 2.30. The summed E-state index contributed by atoms with van der Waals surface area (Å²) in [7, 11) is 0. The molecule has 1 fully saturated rings. The van der Waals surface area contributed by atoms with Crippen molar-refractivity contribution in [3.8, 4) is 0 Å². The highest BCUT2D eigenvalue weighted by atomic mass is 15.2. The number of nitrogens with one attached hydrogen (secondary N) is 1. The highest BCUT2D eigenvalue weighted by molar-refractivity contribution is 5.79. The lowest BCUT2D eigenvalue weighted by Crippen LogP contribution is -2.45. The zero-order valence-electron chi connectivity index (χ0n) is 14.1. The Morgan fingerprint density at radius 3 is 2.62 bits per heavy atom. The van der Waals surface area contributed by atoms with E-state index in [1.807, 2.05) is 6.07 Å². The highest BCUT2D eigenvalue weighted by Gasteiger charge is 2.24. The maximum Gasteiger partial charge on any atom is 0.0702 e. The molecule has 1 aliphatic rings. The number of aromatic nitrogens is 1. The average Bonchev–Trinajstić information content (AvgIpc) is 2.63. The van der Waals surface area contributed by atoms with Gasteiger partial charge in [-0.2, -0.15) is 0 Å². The van der Waals surface area contributed by atoms with Gasteiger partial charge >= 0.3 is 0 Å². The lowest BCUT2D eigenvalue weighted by molar-refractivity contribution is 0.198. The van der Waals surface area contributed by atoms with Crippen molar-refractivity contribution in [3.05, 3.63) is 77.5 Å². The number of para-hydroxylation sites is 1. The maximum absolute atomic E-state index is 4.70. The van der Waals surface area contributed by atoms with Crippen LogP contribution in [0.25, 0.3) is 10.9 Å². The van der Waals surface area contributed by atoms with Crippen molar-refractivity contribution in [1.29, 1.82) is 0 Å². The first-order valence-corrected chi connectivity index (χ1v) is 8.67. The van der Waals surface area contributed by atoms with E-state index in [4.69, 9.17) is 4.98 Å². The molecule has 2 heterocycles. The number of rotatable bonds is 3. The zero-order chi connectivity index (χ0) is 16.4. The molecule has 1 N–H and O–H groups in total. The third-order valence-electron chi connectivity index (χ3n) is 4.80. The van der Waals surface area contributed by atoms with E-state index in [0.29, 0.717) is 0 Å². The summed E-state index contributed by atoms with van der Waals surface area (Å²) in [6.45, 7) is 6.38. The van der Waals surface area contributed by atoms with Crippen LogP contribution in [0.4, 0.5) is 0 Å². The van der Waals surface area contributed by atoms with Crippen LogP contribution >= 0.6 is 0 Å². The Labute approximate surface area is 143 Å². The van der Waals surface area contributed by atoms with E-state index < -0.39 is 0 Å². The van der Waals surface area contributed by atoms with Crippen molar-refractivity contribution >= 4 is 10.9 Å². The Morgan fingerprint density at radius 1 is 0.958 bits per heavy atom. The van der Waals surface area contributed by atoms with Crippen LogP contribution in [0.1, 0.15) is 22.7 Å². The van der Waals surface area contributed by atoms with Gasteiger partial charge in [-0.25, -0.2) is 0 Å². The molecule has 0 amide bonds. The van der Waals surface area contributed by atoms with E-state index in [2.05, 4.69) is 71.9 Å². The predicted molar refractivity (Wildman–Crippen MR) is 99.2 cm³/mol. The molecular weight excluding hydrogens is 294 g/mol. The molecule has 4 rings (SSSR count). The van der Waals surface area contributed by atoms with Crippen LogP contribution in [0.5, 0.6) is 0 Å². The van der Waals surface area contributed by atoms with Crippen LogP contribution in [0.15, 0.2) is 60.8 Å². The lowest BCUT2D eigenvalue weighted by atomic mass is 9.95. The molecule has 0 aliphatic carbocycles. The average molecular weight is 317 g/mol. The molecule has 2 aromatic carbocycles. The SMILES string of the molecule is Cc1cccc(C(c2cnc3ccccc3c2)N2CCNCC2)c1. The first-order chi connectivity index (χ1) is 11.8. The van der Waals surface area contributed by atoms with Crippen molar-refractivity contribution in [2.24, 2.45) is 0 Å². The van der Waals surface area contributed by atoms with E-state index in [0.717, 1.165) is 31.7 Å². The van der Waals surface area contributed by atoms with Crippen molar-refractivity contribution in [3.63, 3.8) is 0 Å². The van der Waals surface area contributed by atoms with Gasteiger partial charge in [0.05, 0.1) is 11.6 Å². The monoisotopic (exact) mass is 317 g/mol. The van der Waals surface area contributed by atoms with Crippen LogP contribution in [-0.2, 0) is 0 Å². The Hall–Kier alpha value is -2.23. The molecule has 3 aromatic rings. The van der Waals surface area contributed by atoms with E-state index in [1.54, 1.807) is 0 Å². The van der Waals surface area contributed by atoms with Crippen LogP contribution in [0.2, 0.25) is 0 Å². The molecule has 1 saturated heterocycles. The molecule has 3 heteroatoms. The van der Waals surface area contributed by atoms with E-state index in [1.165, 1.54) is 22.1 Å². The molecular formula is C21H23N3. The van der Waals surface area contributed by atoms with Crippen molar-refractivity contribution in [1.82, 2.24) is 15.2 Å². The summed E-state index contributed by atoms with van der Waals surface area (Å²) in [5.41, 5.74) is 5.00. The molecule has 0 radical (unpaired) electrons. The molecule has 3 nitrogen and oxygen atoms in total. The Morgan fingerprint density at radius 2 is 1.79 bits per heavy atom. The summed E-state index contributed by atoms with van der Waals surface area (Å²) < 4.78 is 0. The van der Waals surface area contributed by atoms with E-state index in [-0.39, 0.29) is 6.04 Å². The summed E-state index contributed by atoms with van der Waals surface area (Å²) in [6, 6.07) is 19.8. The molecule has 0 bridgehead atoms. The van der Waals surface area contributed by atoms with Gasteiger partial charge in [0.2, 0.25) is 0 Å². The first-order valence-electron chi connectivity index (χ1n) is 8.67. The largest absolute Gasteiger partial charge is 0.314 e. The van der Waals surface area contributed by atoms with E-state index in [9.17, 15) is 0 Å². The van der Waals surface area contributed by atoms with Gasteiger partial charge in [-0.3, -0.25) is 9.88 Å². The van der Waals surface area contributed by atoms with Gasteiger partial charge < -0.3 is 5.32 Å². The number of piperazine rings is 1. The lowest BCUT2D eigenvalue weighted by Gasteiger charge is -2.35. The van der Waals surface area contributed by atoms with Crippen LogP contribution in [0.3, 0.4) is 0 Å². The maximum atomic E-state index is 4.70. The number of aryl methyl sites for hydroxylation is 1. The normalized spacial score (nSPS) is 17.0. The number of hydrogen-bond donors (Lipinski definition) is 1. The summed E-state index contributed by atoms with van der Waals surface area (Å²) in [6.07, 6.45) is 2.05. The molecule has 1 aromatic heterocycles. The third kappa shape index (κ3) is 3.05. The second-order valence-electron chi connectivity index (χ2n) is 6.56. The minimum absolute atomic E-state index is 0.268. The Balaban J connectivity index is 1.80. The summed E-state index contributed by atoms with van der Waals surface area (Å²) in [5, 5.41) is 4.67. The number of nitrogens with zero attached hydrogens (tertiary/aromatic N) is 2. The quantitative estimate of drug-likeness (QED) is 0.801. The standard InChI is InChI=1S/C21H23N3/c1-16-5-4-7-18(13-16)21(24-11-9-22-10-12-24)19-14-17-6-2-3-8-20(17)23-15-19/h2-8,13-15,21-22H,9-12H2,1H3. The van der Waals surface area contributed by atoms with Gasteiger partial charge in [-0.15, -0.1) is 0 Å². The van der Waals surface area contributed by atoms with E-state index >= 15 is 0 Å². The van der Waals surface area contributed by atoms with Gasteiger partial charge in [0.1, 0.15) is 0 Å². The van der Waals surface area contributed by atoms with Crippen LogP contribution in [-0.4, -0.2) is 36.1 Å². The smallest absolute Gasteiger partial charge is 0.0702 e. The summed E-state index contributed by atoms with van der Waals surface area (Å²) >= 11 is 0. The summed E-state index contributed by atoms with van der Waals surface area (Å²) in [4.78, 5) is 7.27. The summed E-state index contributed by atoms with van der Waals surface area (Å²) in [5.74, 6) is 0. The van der Waals surface area contributed by atoms with Crippen molar-refractivity contribution < 1.29 is 0 Å². The molecule has 0 saturated carbocycles.